The second-order valence-corrected chi connectivity index (χ2v) is 6.02. The maximum absolute atomic E-state index is 11.9. The van der Waals surface area contributed by atoms with E-state index >= 15 is 0 Å². The SMILES string of the molecule is CCN1C(=O)/C(=C/c2sccc2C)SC1=S. The standard InChI is InChI=1S/C11H11NOS3/c1-3-12-10(13)9(16-11(12)14)6-8-7(2)4-5-15-8/h4-6H,3H2,1-2H3/b9-6-. The largest absolute Gasteiger partial charge is 0.293 e. The lowest BCUT2D eigenvalue weighted by atomic mass is 10.2. The number of thiophene rings is 1. The van der Waals surface area contributed by atoms with E-state index in [1.54, 1.807) is 16.2 Å². The van der Waals surface area contributed by atoms with Gasteiger partial charge in [-0.1, -0.05) is 24.0 Å². The maximum Gasteiger partial charge on any atom is 0.266 e. The van der Waals surface area contributed by atoms with Gasteiger partial charge in [0.1, 0.15) is 4.32 Å². The van der Waals surface area contributed by atoms with Crippen molar-refractivity contribution in [2.75, 3.05) is 6.54 Å². The zero-order valence-electron chi connectivity index (χ0n) is 9.02. The van der Waals surface area contributed by atoms with Crippen LogP contribution in [-0.4, -0.2) is 21.7 Å². The van der Waals surface area contributed by atoms with Crippen LogP contribution in [-0.2, 0) is 4.79 Å². The molecule has 2 heterocycles. The molecule has 2 rings (SSSR count). The molecule has 84 valence electrons. The highest BCUT2D eigenvalue weighted by Gasteiger charge is 2.30. The average molecular weight is 269 g/mol. The average Bonchev–Trinajstić information content (AvgIpc) is 2.74. The van der Waals surface area contributed by atoms with Crippen molar-refractivity contribution in [3.8, 4) is 0 Å². The number of hydrogen-bond acceptors (Lipinski definition) is 4. The number of thiocarbonyl (C=S) groups is 1. The number of likely N-dealkylation sites (N-methyl/N-ethyl adjacent to an activating group) is 1. The number of amides is 1. The van der Waals surface area contributed by atoms with Crippen molar-refractivity contribution in [1.82, 2.24) is 4.90 Å². The molecule has 1 aromatic rings. The van der Waals surface area contributed by atoms with E-state index in [0.717, 1.165) is 9.78 Å². The van der Waals surface area contributed by atoms with Crippen molar-refractivity contribution >= 4 is 51.6 Å². The summed E-state index contributed by atoms with van der Waals surface area (Å²) in [6.07, 6.45) is 1.94. The van der Waals surface area contributed by atoms with E-state index in [2.05, 4.69) is 6.07 Å². The van der Waals surface area contributed by atoms with Crippen LogP contribution in [0.3, 0.4) is 0 Å². The van der Waals surface area contributed by atoms with E-state index in [1.807, 2.05) is 25.3 Å². The minimum Gasteiger partial charge on any atom is -0.293 e. The molecule has 0 unspecified atom stereocenters. The second-order valence-electron chi connectivity index (χ2n) is 3.39. The van der Waals surface area contributed by atoms with Crippen molar-refractivity contribution < 1.29 is 4.79 Å². The molecule has 0 atom stereocenters. The molecule has 1 aliphatic heterocycles. The van der Waals surface area contributed by atoms with Gasteiger partial charge in [0.15, 0.2) is 0 Å². The third-order valence-electron chi connectivity index (χ3n) is 2.35. The van der Waals surface area contributed by atoms with Crippen LogP contribution < -0.4 is 0 Å². The summed E-state index contributed by atoms with van der Waals surface area (Å²) in [4.78, 5) is 15.4. The van der Waals surface area contributed by atoms with Crippen molar-refractivity contribution in [3.05, 3.63) is 26.8 Å². The first kappa shape index (κ1) is 11.8. The van der Waals surface area contributed by atoms with E-state index in [9.17, 15) is 4.79 Å². The Kier molecular flexibility index (Phi) is 3.47. The highest BCUT2D eigenvalue weighted by Crippen LogP contribution is 2.33. The third kappa shape index (κ3) is 2.07. The summed E-state index contributed by atoms with van der Waals surface area (Å²) >= 11 is 8.19. The van der Waals surface area contributed by atoms with E-state index in [-0.39, 0.29) is 5.91 Å². The second kappa shape index (κ2) is 4.69. The lowest BCUT2D eigenvalue weighted by molar-refractivity contribution is -0.121. The predicted octanol–water partition coefficient (Wildman–Crippen LogP) is 3.28. The van der Waals surface area contributed by atoms with Crippen molar-refractivity contribution in [2.24, 2.45) is 0 Å². The molecule has 0 spiro atoms. The Hall–Kier alpha value is -0.650. The zero-order chi connectivity index (χ0) is 11.7. The van der Waals surface area contributed by atoms with Gasteiger partial charge in [0.05, 0.1) is 4.91 Å². The molecular weight excluding hydrogens is 258 g/mol. The number of nitrogens with zero attached hydrogens (tertiary/aromatic N) is 1. The molecule has 0 N–H and O–H groups in total. The quantitative estimate of drug-likeness (QED) is 0.607. The number of carbonyl (C=O) groups is 1. The van der Waals surface area contributed by atoms with E-state index < -0.39 is 0 Å². The van der Waals surface area contributed by atoms with Gasteiger partial charge in [-0.15, -0.1) is 11.3 Å². The van der Waals surface area contributed by atoms with Crippen LogP contribution in [0.15, 0.2) is 16.4 Å². The van der Waals surface area contributed by atoms with Crippen molar-refractivity contribution in [2.45, 2.75) is 13.8 Å². The molecule has 0 aliphatic carbocycles. The van der Waals surface area contributed by atoms with Crippen molar-refractivity contribution in [3.63, 3.8) is 0 Å². The Morgan fingerprint density at radius 1 is 1.56 bits per heavy atom. The van der Waals surface area contributed by atoms with Gasteiger partial charge in [-0.2, -0.15) is 0 Å². The number of rotatable bonds is 2. The first-order chi connectivity index (χ1) is 7.63. The zero-order valence-corrected chi connectivity index (χ0v) is 11.5. The lowest BCUT2D eigenvalue weighted by Gasteiger charge is -2.09. The summed E-state index contributed by atoms with van der Waals surface area (Å²) < 4.78 is 0.660. The van der Waals surface area contributed by atoms with Gasteiger partial charge in [0, 0.05) is 11.4 Å². The number of aryl methyl sites for hydroxylation is 1. The first-order valence-electron chi connectivity index (χ1n) is 4.93. The Morgan fingerprint density at radius 2 is 2.31 bits per heavy atom. The maximum atomic E-state index is 11.9. The van der Waals surface area contributed by atoms with Gasteiger partial charge in [-0.25, -0.2) is 0 Å². The summed E-state index contributed by atoms with van der Waals surface area (Å²) in [5, 5.41) is 2.03. The minimum atomic E-state index is 0.0327. The van der Waals surface area contributed by atoms with Gasteiger partial charge < -0.3 is 0 Å². The summed E-state index contributed by atoms with van der Waals surface area (Å²) in [5.41, 5.74) is 1.20. The highest BCUT2D eigenvalue weighted by molar-refractivity contribution is 8.26. The van der Waals surface area contributed by atoms with Crippen LogP contribution in [0.5, 0.6) is 0 Å². The summed E-state index contributed by atoms with van der Waals surface area (Å²) in [6, 6.07) is 2.05. The monoisotopic (exact) mass is 269 g/mol. The molecule has 2 nitrogen and oxygen atoms in total. The van der Waals surface area contributed by atoms with E-state index in [1.165, 1.54) is 17.3 Å². The van der Waals surface area contributed by atoms with Crippen LogP contribution in [0.25, 0.3) is 6.08 Å². The van der Waals surface area contributed by atoms with Gasteiger partial charge in [0.2, 0.25) is 0 Å². The van der Waals surface area contributed by atoms with Gasteiger partial charge in [-0.05, 0) is 36.9 Å². The molecular formula is C11H11NOS3. The predicted molar refractivity (Wildman–Crippen MR) is 74.6 cm³/mol. The van der Waals surface area contributed by atoms with Gasteiger partial charge in [0.25, 0.3) is 5.91 Å². The van der Waals surface area contributed by atoms with E-state index in [0.29, 0.717) is 10.9 Å². The molecule has 0 radical (unpaired) electrons. The topological polar surface area (TPSA) is 20.3 Å². The van der Waals surface area contributed by atoms with Crippen LogP contribution in [0.1, 0.15) is 17.4 Å². The van der Waals surface area contributed by atoms with E-state index in [4.69, 9.17) is 12.2 Å². The fraction of sp³-hybridized carbons (Fsp3) is 0.273. The molecule has 1 saturated heterocycles. The molecule has 0 bridgehead atoms. The van der Waals surface area contributed by atoms with Gasteiger partial charge in [-0.3, -0.25) is 9.69 Å². The van der Waals surface area contributed by atoms with Crippen molar-refractivity contribution in [1.29, 1.82) is 0 Å². The Balaban J connectivity index is 2.31. The highest BCUT2D eigenvalue weighted by atomic mass is 32.2. The first-order valence-corrected chi connectivity index (χ1v) is 7.03. The van der Waals surface area contributed by atoms with Gasteiger partial charge >= 0.3 is 0 Å². The normalized spacial score (nSPS) is 18.9. The molecule has 16 heavy (non-hydrogen) atoms. The molecule has 1 amide bonds. The molecule has 1 aromatic heterocycles. The molecule has 1 aliphatic rings. The third-order valence-corrected chi connectivity index (χ3v) is 4.70. The fourth-order valence-corrected chi connectivity index (χ4v) is 3.72. The van der Waals surface area contributed by atoms with Crippen LogP contribution in [0, 0.1) is 6.92 Å². The summed E-state index contributed by atoms with van der Waals surface area (Å²) in [6.45, 7) is 4.62. The molecule has 1 fully saturated rings. The smallest absolute Gasteiger partial charge is 0.266 e. The minimum absolute atomic E-state index is 0.0327. The number of hydrogen-bond donors (Lipinski definition) is 0. The summed E-state index contributed by atoms with van der Waals surface area (Å²) in [7, 11) is 0. The molecule has 0 saturated carbocycles. The number of thioether (sulfide) groups is 1. The Labute approximate surface area is 108 Å². The summed E-state index contributed by atoms with van der Waals surface area (Å²) in [5.74, 6) is 0.0327. The molecule has 0 aromatic carbocycles. The van der Waals surface area contributed by atoms with Crippen LogP contribution >= 0.6 is 35.3 Å². The van der Waals surface area contributed by atoms with Crippen LogP contribution in [0.4, 0.5) is 0 Å². The molecule has 5 heteroatoms. The van der Waals surface area contributed by atoms with Crippen LogP contribution in [0.2, 0.25) is 0 Å². The Bertz CT molecular complexity index is 475. The fourth-order valence-electron chi connectivity index (χ4n) is 1.42. The number of carbonyl (C=O) groups excluding carboxylic acids is 1. The Morgan fingerprint density at radius 3 is 2.81 bits per heavy atom. The lowest BCUT2D eigenvalue weighted by Crippen LogP contribution is -2.27.